The molecule has 0 fully saturated rings. The first kappa shape index (κ1) is 22.8. The summed E-state index contributed by atoms with van der Waals surface area (Å²) < 4.78 is 25.4. The van der Waals surface area contributed by atoms with Crippen LogP contribution in [0, 0.1) is 0 Å². The standard InChI is InChI=1S/C21H23N3O5S2/c1-13-11-21(27)24-18-12-17(7-8-19(18)30-13)31(28,29)10-9-20(26)23-16-5-3-15(4-6-16)22-14(2)25/h3-8,12-13H,9-11H2,1-2H3,(H,22,25)(H,23,26)(H,24,27). The van der Waals surface area contributed by atoms with Crippen molar-refractivity contribution in [1.29, 1.82) is 0 Å². The van der Waals surface area contributed by atoms with Crippen molar-refractivity contribution in [3.8, 4) is 0 Å². The maximum Gasteiger partial charge on any atom is 0.225 e. The van der Waals surface area contributed by atoms with E-state index in [-0.39, 0.29) is 34.1 Å². The van der Waals surface area contributed by atoms with Crippen LogP contribution in [0.1, 0.15) is 26.7 Å². The number of hydrogen-bond acceptors (Lipinski definition) is 6. The van der Waals surface area contributed by atoms with Gasteiger partial charge in [-0.25, -0.2) is 8.42 Å². The molecule has 3 rings (SSSR count). The summed E-state index contributed by atoms with van der Waals surface area (Å²) in [6.45, 7) is 3.34. The molecule has 0 spiro atoms. The van der Waals surface area contributed by atoms with Gasteiger partial charge in [0.1, 0.15) is 0 Å². The molecular weight excluding hydrogens is 438 g/mol. The van der Waals surface area contributed by atoms with Gasteiger partial charge in [-0.15, -0.1) is 11.8 Å². The van der Waals surface area contributed by atoms with Crippen LogP contribution in [-0.4, -0.2) is 37.1 Å². The molecule has 1 unspecified atom stereocenters. The van der Waals surface area contributed by atoms with Crippen LogP contribution in [0.25, 0.3) is 0 Å². The number of anilines is 3. The molecule has 0 saturated carbocycles. The number of hydrogen-bond donors (Lipinski definition) is 3. The molecule has 0 radical (unpaired) electrons. The Morgan fingerprint density at radius 2 is 1.74 bits per heavy atom. The molecule has 10 heteroatoms. The van der Waals surface area contributed by atoms with E-state index in [9.17, 15) is 22.8 Å². The molecule has 1 heterocycles. The molecule has 3 amide bonds. The lowest BCUT2D eigenvalue weighted by atomic mass is 10.2. The molecule has 0 bridgehead atoms. The summed E-state index contributed by atoms with van der Waals surface area (Å²) in [5, 5.41) is 8.11. The molecule has 0 saturated heterocycles. The molecule has 164 valence electrons. The lowest BCUT2D eigenvalue weighted by molar-refractivity contribution is -0.116. The van der Waals surface area contributed by atoms with Crippen molar-refractivity contribution in [2.24, 2.45) is 0 Å². The van der Waals surface area contributed by atoms with E-state index in [1.165, 1.54) is 30.8 Å². The number of carbonyl (C=O) groups excluding carboxylic acids is 3. The Bertz CT molecular complexity index is 1110. The molecule has 1 aliphatic rings. The molecule has 2 aromatic carbocycles. The highest BCUT2D eigenvalue weighted by Crippen LogP contribution is 2.36. The zero-order valence-corrected chi connectivity index (χ0v) is 18.7. The fourth-order valence-corrected chi connectivity index (χ4v) is 5.35. The highest BCUT2D eigenvalue weighted by molar-refractivity contribution is 8.00. The van der Waals surface area contributed by atoms with Crippen molar-refractivity contribution >= 4 is 56.4 Å². The second-order valence-electron chi connectivity index (χ2n) is 7.21. The second kappa shape index (κ2) is 9.52. The van der Waals surface area contributed by atoms with E-state index in [0.29, 0.717) is 23.5 Å². The maximum atomic E-state index is 12.7. The van der Waals surface area contributed by atoms with Crippen LogP contribution in [0.4, 0.5) is 17.1 Å². The number of nitrogens with one attached hydrogen (secondary N) is 3. The van der Waals surface area contributed by atoms with Gasteiger partial charge in [0.2, 0.25) is 17.7 Å². The van der Waals surface area contributed by atoms with E-state index < -0.39 is 15.7 Å². The van der Waals surface area contributed by atoms with Crippen molar-refractivity contribution in [3.63, 3.8) is 0 Å². The van der Waals surface area contributed by atoms with Gasteiger partial charge in [0.25, 0.3) is 0 Å². The largest absolute Gasteiger partial charge is 0.326 e. The van der Waals surface area contributed by atoms with Crippen LogP contribution in [0.3, 0.4) is 0 Å². The molecule has 3 N–H and O–H groups in total. The van der Waals surface area contributed by atoms with Crippen molar-refractivity contribution in [2.45, 2.75) is 41.7 Å². The average Bonchev–Trinajstić information content (AvgIpc) is 2.83. The van der Waals surface area contributed by atoms with E-state index in [0.717, 1.165) is 4.90 Å². The van der Waals surface area contributed by atoms with Crippen LogP contribution in [0.5, 0.6) is 0 Å². The first-order valence-corrected chi connectivity index (χ1v) is 12.2. The lowest BCUT2D eigenvalue weighted by Gasteiger charge is -2.11. The Kier molecular flexibility index (Phi) is 7.01. The number of thioether (sulfide) groups is 1. The molecule has 8 nitrogen and oxygen atoms in total. The van der Waals surface area contributed by atoms with Crippen molar-refractivity contribution in [1.82, 2.24) is 0 Å². The number of fused-ring (bicyclic) bond motifs is 1. The molecule has 1 aliphatic heterocycles. The van der Waals surface area contributed by atoms with Crippen molar-refractivity contribution in [3.05, 3.63) is 42.5 Å². The summed E-state index contributed by atoms with van der Waals surface area (Å²) in [7, 11) is -3.71. The first-order chi connectivity index (χ1) is 14.6. The number of amides is 3. The molecule has 31 heavy (non-hydrogen) atoms. The molecular formula is C21H23N3O5S2. The minimum atomic E-state index is -3.71. The number of sulfone groups is 1. The Hall–Kier alpha value is -2.85. The lowest BCUT2D eigenvalue weighted by Crippen LogP contribution is -2.18. The van der Waals surface area contributed by atoms with Crippen LogP contribution in [0.15, 0.2) is 52.3 Å². The van der Waals surface area contributed by atoms with Crippen molar-refractivity contribution < 1.29 is 22.8 Å². The smallest absolute Gasteiger partial charge is 0.225 e. The predicted molar refractivity (Wildman–Crippen MR) is 121 cm³/mol. The van der Waals surface area contributed by atoms with Crippen LogP contribution >= 0.6 is 11.8 Å². The third-order valence-electron chi connectivity index (χ3n) is 4.47. The first-order valence-electron chi connectivity index (χ1n) is 9.63. The van der Waals surface area contributed by atoms with Gasteiger partial charge in [0.15, 0.2) is 9.84 Å². The van der Waals surface area contributed by atoms with Crippen molar-refractivity contribution in [2.75, 3.05) is 21.7 Å². The summed E-state index contributed by atoms with van der Waals surface area (Å²) in [4.78, 5) is 36.1. The maximum absolute atomic E-state index is 12.7. The predicted octanol–water partition coefficient (Wildman–Crippen LogP) is 3.27. The number of rotatable bonds is 6. The molecule has 0 aliphatic carbocycles. The second-order valence-corrected chi connectivity index (χ2v) is 10.8. The summed E-state index contributed by atoms with van der Waals surface area (Å²) >= 11 is 1.51. The monoisotopic (exact) mass is 461 g/mol. The third-order valence-corrected chi connectivity index (χ3v) is 7.36. The quantitative estimate of drug-likeness (QED) is 0.607. The Morgan fingerprint density at radius 1 is 1.10 bits per heavy atom. The van der Waals surface area contributed by atoms with Crippen LogP contribution in [0.2, 0.25) is 0 Å². The van der Waals surface area contributed by atoms with Gasteiger partial charge in [-0.2, -0.15) is 0 Å². The highest BCUT2D eigenvalue weighted by atomic mass is 32.2. The fourth-order valence-electron chi connectivity index (χ4n) is 3.03. The van der Waals surface area contributed by atoms with E-state index in [1.807, 2.05) is 6.92 Å². The van der Waals surface area contributed by atoms with Gasteiger partial charge in [-0.1, -0.05) is 6.92 Å². The SMILES string of the molecule is CC(=O)Nc1ccc(NC(=O)CCS(=O)(=O)c2ccc3c(c2)NC(=O)CC(C)S3)cc1. The van der Waals surface area contributed by atoms with Gasteiger partial charge in [-0.3, -0.25) is 14.4 Å². The van der Waals surface area contributed by atoms with Gasteiger partial charge in [-0.05, 0) is 42.5 Å². The molecule has 1 atom stereocenters. The molecule has 2 aromatic rings. The highest BCUT2D eigenvalue weighted by Gasteiger charge is 2.23. The van der Waals surface area contributed by atoms with Gasteiger partial charge in [0.05, 0.1) is 16.3 Å². The Labute approximate surface area is 185 Å². The zero-order chi connectivity index (χ0) is 22.6. The van der Waals surface area contributed by atoms with E-state index in [1.54, 1.807) is 30.3 Å². The Morgan fingerprint density at radius 3 is 2.39 bits per heavy atom. The van der Waals surface area contributed by atoms with E-state index in [2.05, 4.69) is 16.0 Å². The number of carbonyl (C=O) groups is 3. The average molecular weight is 462 g/mol. The topological polar surface area (TPSA) is 121 Å². The summed E-state index contributed by atoms with van der Waals surface area (Å²) in [6, 6.07) is 11.1. The minimum absolute atomic E-state index is 0.0640. The van der Waals surface area contributed by atoms with Gasteiger partial charge < -0.3 is 16.0 Å². The zero-order valence-electron chi connectivity index (χ0n) is 17.1. The fraction of sp³-hybridized carbons (Fsp3) is 0.286. The number of benzene rings is 2. The third kappa shape index (κ3) is 6.31. The van der Waals surface area contributed by atoms with E-state index in [4.69, 9.17) is 0 Å². The summed E-state index contributed by atoms with van der Waals surface area (Å²) in [5.41, 5.74) is 1.57. The minimum Gasteiger partial charge on any atom is -0.326 e. The molecule has 0 aromatic heterocycles. The normalized spacial score (nSPS) is 15.9. The van der Waals surface area contributed by atoms with Gasteiger partial charge in [0, 0.05) is 41.3 Å². The van der Waals surface area contributed by atoms with Crippen LogP contribution in [-0.2, 0) is 24.2 Å². The van der Waals surface area contributed by atoms with Gasteiger partial charge >= 0.3 is 0 Å². The summed E-state index contributed by atoms with van der Waals surface area (Å²) in [6.07, 6.45) is 0.137. The Balaban J connectivity index is 1.62. The van der Waals surface area contributed by atoms with E-state index >= 15 is 0 Å². The van der Waals surface area contributed by atoms with Crippen LogP contribution < -0.4 is 16.0 Å². The summed E-state index contributed by atoms with van der Waals surface area (Å²) in [5.74, 6) is -1.16.